The van der Waals surface area contributed by atoms with E-state index in [1.54, 1.807) is 0 Å². The maximum absolute atomic E-state index is 11.9. The number of carbonyl (C=O) groups is 1. The Morgan fingerprint density at radius 1 is 0.963 bits per heavy atom. The van der Waals surface area contributed by atoms with E-state index >= 15 is 0 Å². The smallest absolute Gasteiger partial charge is 0.305 e. The fraction of sp³-hybridized carbons (Fsp3) is 0.950. The Hall–Kier alpha value is -0.730. The van der Waals surface area contributed by atoms with Crippen LogP contribution in [0.1, 0.15) is 65.2 Å². The Morgan fingerprint density at radius 2 is 1.63 bits per heavy atom. The van der Waals surface area contributed by atoms with Crippen molar-refractivity contribution in [1.82, 2.24) is 4.90 Å². The lowest BCUT2D eigenvalue weighted by Gasteiger charge is -2.51. The minimum atomic E-state index is -1.00. The van der Waals surface area contributed by atoms with Crippen molar-refractivity contribution in [2.75, 3.05) is 46.1 Å². The number of nitrogens with two attached hydrogens (primary N) is 1. The van der Waals surface area contributed by atoms with Crippen molar-refractivity contribution in [2.24, 2.45) is 5.73 Å². The second-order valence-electron chi connectivity index (χ2n) is 7.93. The van der Waals surface area contributed by atoms with Crippen molar-refractivity contribution in [2.45, 2.75) is 76.7 Å². The quantitative estimate of drug-likeness (QED) is 0.362. The summed E-state index contributed by atoms with van der Waals surface area (Å²) in [5, 5.41) is 0. The number of ether oxygens (including phenoxy) is 4. The lowest BCUT2D eigenvalue weighted by molar-refractivity contribution is -0.453. The third-order valence-electron chi connectivity index (χ3n) is 5.06. The van der Waals surface area contributed by atoms with Gasteiger partial charge in [0.2, 0.25) is 0 Å². The third-order valence-corrected chi connectivity index (χ3v) is 5.06. The van der Waals surface area contributed by atoms with Gasteiger partial charge >= 0.3 is 5.97 Å². The summed E-state index contributed by atoms with van der Waals surface area (Å²) in [4.78, 5) is 14.1. The first-order valence-corrected chi connectivity index (χ1v) is 10.6. The van der Waals surface area contributed by atoms with Crippen molar-refractivity contribution in [3.05, 3.63) is 0 Å². The van der Waals surface area contributed by atoms with Crippen LogP contribution in [0.4, 0.5) is 0 Å². The van der Waals surface area contributed by atoms with Gasteiger partial charge in [0, 0.05) is 6.42 Å². The van der Waals surface area contributed by atoms with Gasteiger partial charge in [0.15, 0.2) is 0 Å². The molecule has 158 valence electrons. The number of fused-ring (bicyclic) bond motifs is 3. The normalized spacial score (nSPS) is 27.3. The number of esters is 1. The minimum absolute atomic E-state index is 0.105. The van der Waals surface area contributed by atoms with E-state index in [0.717, 1.165) is 38.8 Å². The second kappa shape index (κ2) is 11.3. The van der Waals surface area contributed by atoms with Gasteiger partial charge in [0.05, 0.1) is 38.5 Å². The molecule has 0 aromatic rings. The van der Waals surface area contributed by atoms with Crippen molar-refractivity contribution in [3.8, 4) is 0 Å². The Labute approximate surface area is 163 Å². The zero-order chi connectivity index (χ0) is 19.6. The number of carbonyl (C=O) groups excluding carboxylic acids is 1. The predicted octanol–water partition coefficient (Wildman–Crippen LogP) is 2.42. The molecule has 3 aliphatic heterocycles. The number of unbranched alkanes of at least 4 members (excludes halogenated alkanes) is 4. The molecule has 2 N–H and O–H groups in total. The number of rotatable bonds is 14. The van der Waals surface area contributed by atoms with Gasteiger partial charge in [-0.3, -0.25) is 9.69 Å². The molecule has 0 unspecified atom stereocenters. The van der Waals surface area contributed by atoms with Crippen LogP contribution in [-0.4, -0.2) is 68.4 Å². The highest BCUT2D eigenvalue weighted by Crippen LogP contribution is 2.32. The Balaban J connectivity index is 1.62. The zero-order valence-electron chi connectivity index (χ0n) is 17.2. The molecule has 0 radical (unpaired) electrons. The standard InChI is InChI=1S/C20H38N2O5/c1-3-5-6-7-8-13-24-18(23)10-9-12-22(11-4-2)14-20-25-15-19(21,16-26-20)17-27-20/h3-17,21H2,1-2H3. The lowest BCUT2D eigenvalue weighted by Crippen LogP contribution is -2.70. The van der Waals surface area contributed by atoms with Crippen LogP contribution in [0.15, 0.2) is 0 Å². The van der Waals surface area contributed by atoms with Gasteiger partial charge in [-0.05, 0) is 32.4 Å². The molecule has 7 heteroatoms. The zero-order valence-corrected chi connectivity index (χ0v) is 17.2. The number of nitrogens with zero attached hydrogens (tertiary/aromatic N) is 1. The summed E-state index contributed by atoms with van der Waals surface area (Å²) >= 11 is 0. The van der Waals surface area contributed by atoms with E-state index in [9.17, 15) is 4.79 Å². The minimum Gasteiger partial charge on any atom is -0.466 e. The molecule has 0 spiro atoms. The molecule has 0 atom stereocenters. The van der Waals surface area contributed by atoms with Crippen LogP contribution in [0.2, 0.25) is 0 Å². The first kappa shape index (κ1) is 22.6. The van der Waals surface area contributed by atoms with Gasteiger partial charge in [0.1, 0.15) is 0 Å². The predicted molar refractivity (Wildman–Crippen MR) is 103 cm³/mol. The van der Waals surface area contributed by atoms with Gasteiger partial charge < -0.3 is 24.7 Å². The van der Waals surface area contributed by atoms with E-state index in [1.807, 2.05) is 0 Å². The summed E-state index contributed by atoms with van der Waals surface area (Å²) < 4.78 is 22.6. The number of hydrogen-bond donors (Lipinski definition) is 1. The average Bonchev–Trinajstić information content (AvgIpc) is 2.66. The molecule has 0 amide bonds. The van der Waals surface area contributed by atoms with E-state index in [0.29, 0.717) is 39.4 Å². The van der Waals surface area contributed by atoms with Gasteiger partial charge in [-0.2, -0.15) is 0 Å². The molecule has 0 aromatic heterocycles. The van der Waals surface area contributed by atoms with Crippen molar-refractivity contribution in [3.63, 3.8) is 0 Å². The van der Waals surface area contributed by atoms with E-state index in [4.69, 9.17) is 24.7 Å². The van der Waals surface area contributed by atoms with Crippen LogP contribution in [0.3, 0.4) is 0 Å². The molecule has 0 aliphatic carbocycles. The molecular weight excluding hydrogens is 348 g/mol. The number of hydrogen-bond acceptors (Lipinski definition) is 7. The summed E-state index contributed by atoms with van der Waals surface area (Å²) in [6.07, 6.45) is 8.01. The summed E-state index contributed by atoms with van der Waals surface area (Å²) in [7, 11) is 0. The van der Waals surface area contributed by atoms with E-state index in [2.05, 4.69) is 18.7 Å². The first-order chi connectivity index (χ1) is 13.0. The molecule has 7 nitrogen and oxygen atoms in total. The van der Waals surface area contributed by atoms with Crippen LogP contribution >= 0.6 is 0 Å². The lowest BCUT2D eigenvalue weighted by atomic mass is 10.0. The fourth-order valence-corrected chi connectivity index (χ4v) is 3.42. The largest absolute Gasteiger partial charge is 0.466 e. The molecule has 2 bridgehead atoms. The fourth-order valence-electron chi connectivity index (χ4n) is 3.42. The summed E-state index contributed by atoms with van der Waals surface area (Å²) in [5.74, 6) is -1.11. The van der Waals surface area contributed by atoms with E-state index in [-0.39, 0.29) is 5.97 Å². The van der Waals surface area contributed by atoms with Crippen LogP contribution in [-0.2, 0) is 23.7 Å². The second-order valence-corrected chi connectivity index (χ2v) is 7.93. The van der Waals surface area contributed by atoms with Gasteiger partial charge in [-0.25, -0.2) is 0 Å². The van der Waals surface area contributed by atoms with Gasteiger partial charge in [-0.15, -0.1) is 0 Å². The molecular formula is C20H38N2O5. The SMILES string of the molecule is CCCCCCCOC(=O)CCCN(CCC)CC12OCC(N)(CO1)CO2. The van der Waals surface area contributed by atoms with Crippen molar-refractivity contribution < 1.29 is 23.7 Å². The summed E-state index contributed by atoms with van der Waals surface area (Å²) in [6, 6.07) is 0. The Kier molecular flexibility index (Phi) is 9.45. The maximum atomic E-state index is 11.9. The Morgan fingerprint density at radius 3 is 2.26 bits per heavy atom. The molecule has 3 saturated heterocycles. The van der Waals surface area contributed by atoms with Crippen LogP contribution in [0, 0.1) is 0 Å². The molecule has 3 aliphatic rings. The molecule has 3 rings (SSSR count). The van der Waals surface area contributed by atoms with E-state index in [1.165, 1.54) is 19.3 Å². The highest BCUT2D eigenvalue weighted by Gasteiger charge is 2.51. The van der Waals surface area contributed by atoms with Gasteiger partial charge in [-0.1, -0.05) is 39.5 Å². The average molecular weight is 387 g/mol. The monoisotopic (exact) mass is 386 g/mol. The van der Waals surface area contributed by atoms with Crippen LogP contribution in [0.5, 0.6) is 0 Å². The first-order valence-electron chi connectivity index (χ1n) is 10.6. The maximum Gasteiger partial charge on any atom is 0.305 e. The molecule has 27 heavy (non-hydrogen) atoms. The third kappa shape index (κ3) is 7.66. The van der Waals surface area contributed by atoms with Crippen LogP contribution in [0.25, 0.3) is 0 Å². The van der Waals surface area contributed by atoms with Gasteiger partial charge in [0.25, 0.3) is 5.97 Å². The van der Waals surface area contributed by atoms with Crippen LogP contribution < -0.4 is 5.73 Å². The summed E-state index contributed by atoms with van der Waals surface area (Å²) in [6.45, 7) is 8.45. The molecule has 0 saturated carbocycles. The van der Waals surface area contributed by atoms with Crippen molar-refractivity contribution >= 4 is 5.97 Å². The highest BCUT2D eigenvalue weighted by molar-refractivity contribution is 5.69. The van der Waals surface area contributed by atoms with E-state index < -0.39 is 11.5 Å². The Bertz CT molecular complexity index is 422. The topological polar surface area (TPSA) is 83.2 Å². The summed E-state index contributed by atoms with van der Waals surface area (Å²) in [5.41, 5.74) is 5.58. The molecule has 3 heterocycles. The molecule has 0 aromatic carbocycles. The van der Waals surface area contributed by atoms with Crippen molar-refractivity contribution in [1.29, 1.82) is 0 Å². The highest BCUT2D eigenvalue weighted by atomic mass is 16.9. The molecule has 3 fully saturated rings.